The molecule has 0 fully saturated rings. The van der Waals surface area contributed by atoms with Crippen LogP contribution in [0.25, 0.3) is 0 Å². The molecule has 2 atom stereocenters. The summed E-state index contributed by atoms with van der Waals surface area (Å²) in [5.74, 6) is -1.82. The fourth-order valence-corrected chi connectivity index (χ4v) is 2.43. The number of hydrogen-bond acceptors (Lipinski definition) is 3. The van der Waals surface area contributed by atoms with E-state index in [-0.39, 0.29) is 12.3 Å². The molecule has 6 nitrogen and oxygen atoms in total. The first kappa shape index (κ1) is 16.7. The highest BCUT2D eigenvalue weighted by Crippen LogP contribution is 2.22. The summed E-state index contributed by atoms with van der Waals surface area (Å²) in [4.78, 5) is 23.5. The predicted octanol–water partition coefficient (Wildman–Crippen LogP) is 1.93. The van der Waals surface area contributed by atoms with E-state index >= 15 is 0 Å². The highest BCUT2D eigenvalue weighted by atomic mass is 16.4. The molecule has 0 aliphatic rings. The van der Waals surface area contributed by atoms with Gasteiger partial charge in [0.1, 0.15) is 0 Å². The molecule has 0 radical (unpaired) electrons. The maximum atomic E-state index is 12.2. The number of carbonyl (C=O) groups excluding carboxylic acids is 1. The van der Waals surface area contributed by atoms with Crippen LogP contribution in [0.5, 0.6) is 0 Å². The van der Waals surface area contributed by atoms with Crippen molar-refractivity contribution in [3.8, 4) is 0 Å². The van der Waals surface area contributed by atoms with Crippen molar-refractivity contribution in [2.45, 2.75) is 25.8 Å². The molecular formula is C17H21N3O3. The van der Waals surface area contributed by atoms with Crippen molar-refractivity contribution < 1.29 is 14.7 Å². The van der Waals surface area contributed by atoms with Crippen molar-refractivity contribution in [2.75, 3.05) is 0 Å². The molecule has 1 aromatic heterocycles. The van der Waals surface area contributed by atoms with E-state index in [9.17, 15) is 14.7 Å². The zero-order valence-electron chi connectivity index (χ0n) is 13.3. The number of benzene rings is 1. The van der Waals surface area contributed by atoms with Gasteiger partial charge in [-0.25, -0.2) is 0 Å². The molecular weight excluding hydrogens is 294 g/mol. The van der Waals surface area contributed by atoms with Gasteiger partial charge in [0.05, 0.1) is 12.0 Å². The number of hydrogen-bond donors (Lipinski definition) is 2. The third kappa shape index (κ3) is 4.42. The van der Waals surface area contributed by atoms with Crippen LogP contribution in [-0.2, 0) is 23.1 Å². The van der Waals surface area contributed by atoms with Crippen molar-refractivity contribution in [1.82, 2.24) is 15.1 Å². The molecule has 2 aromatic rings. The zero-order chi connectivity index (χ0) is 16.8. The van der Waals surface area contributed by atoms with Gasteiger partial charge in [-0.2, -0.15) is 5.10 Å². The lowest BCUT2D eigenvalue weighted by molar-refractivity contribution is -0.142. The van der Waals surface area contributed by atoms with Crippen molar-refractivity contribution in [3.05, 3.63) is 53.9 Å². The molecule has 1 amide bonds. The molecule has 0 saturated heterocycles. The SMILES string of the molecule is CC(C(=O)O)C(NC(=O)CCc1ccnn1C)c1ccccc1. The third-order valence-corrected chi connectivity index (χ3v) is 3.90. The van der Waals surface area contributed by atoms with Crippen molar-refractivity contribution in [3.63, 3.8) is 0 Å². The molecule has 0 aliphatic carbocycles. The molecule has 1 heterocycles. The molecule has 0 spiro atoms. The second-order valence-electron chi connectivity index (χ2n) is 5.53. The van der Waals surface area contributed by atoms with Gasteiger partial charge < -0.3 is 10.4 Å². The summed E-state index contributed by atoms with van der Waals surface area (Å²) in [5, 5.41) is 16.2. The lowest BCUT2D eigenvalue weighted by Crippen LogP contribution is -2.35. The number of carboxylic acids is 1. The number of rotatable bonds is 7. The Morgan fingerprint density at radius 3 is 2.52 bits per heavy atom. The van der Waals surface area contributed by atoms with Crippen molar-refractivity contribution in [1.29, 1.82) is 0 Å². The van der Waals surface area contributed by atoms with E-state index in [4.69, 9.17) is 0 Å². The molecule has 122 valence electrons. The van der Waals surface area contributed by atoms with Crippen LogP contribution in [0.15, 0.2) is 42.6 Å². The minimum atomic E-state index is -0.939. The number of amides is 1. The Morgan fingerprint density at radius 2 is 1.96 bits per heavy atom. The Morgan fingerprint density at radius 1 is 1.26 bits per heavy atom. The number of carboxylic acid groups (broad SMARTS) is 1. The van der Waals surface area contributed by atoms with Crippen LogP contribution in [0, 0.1) is 5.92 Å². The standard InChI is InChI=1S/C17H21N3O3/c1-12(17(22)23)16(13-6-4-3-5-7-13)19-15(21)9-8-14-10-11-18-20(14)2/h3-7,10-12,16H,8-9H2,1-2H3,(H,19,21)(H,22,23). The first-order valence-electron chi connectivity index (χ1n) is 7.53. The van der Waals surface area contributed by atoms with Gasteiger partial charge in [0.15, 0.2) is 0 Å². The lowest BCUT2D eigenvalue weighted by atomic mass is 9.94. The van der Waals surface area contributed by atoms with Crippen LogP contribution < -0.4 is 5.32 Å². The first-order chi connectivity index (χ1) is 11.0. The van der Waals surface area contributed by atoms with E-state index < -0.39 is 17.9 Å². The fraction of sp³-hybridized carbons (Fsp3) is 0.353. The number of aliphatic carboxylic acids is 1. The number of nitrogens with one attached hydrogen (secondary N) is 1. The van der Waals surface area contributed by atoms with Crippen molar-refractivity contribution in [2.24, 2.45) is 13.0 Å². The Balaban J connectivity index is 2.04. The zero-order valence-corrected chi connectivity index (χ0v) is 13.3. The predicted molar refractivity (Wildman–Crippen MR) is 85.7 cm³/mol. The molecule has 1 aromatic carbocycles. The monoisotopic (exact) mass is 315 g/mol. The molecule has 0 aliphatic heterocycles. The summed E-state index contributed by atoms with van der Waals surface area (Å²) < 4.78 is 1.72. The highest BCUT2D eigenvalue weighted by Gasteiger charge is 2.26. The van der Waals surface area contributed by atoms with Gasteiger partial charge >= 0.3 is 5.97 Å². The smallest absolute Gasteiger partial charge is 0.308 e. The van der Waals surface area contributed by atoms with Gasteiger partial charge in [-0.15, -0.1) is 0 Å². The maximum absolute atomic E-state index is 12.2. The van der Waals surface area contributed by atoms with Gasteiger partial charge in [0, 0.05) is 25.4 Å². The van der Waals surface area contributed by atoms with Crippen molar-refractivity contribution >= 4 is 11.9 Å². The Hall–Kier alpha value is -2.63. The quantitative estimate of drug-likeness (QED) is 0.817. The summed E-state index contributed by atoms with van der Waals surface area (Å²) in [6.07, 6.45) is 2.53. The van der Waals surface area contributed by atoms with Gasteiger partial charge in [0.2, 0.25) is 5.91 Å². The molecule has 0 saturated carbocycles. The second-order valence-corrected chi connectivity index (χ2v) is 5.53. The Kier molecular flexibility index (Phi) is 5.51. The number of aryl methyl sites for hydroxylation is 2. The largest absolute Gasteiger partial charge is 0.481 e. The number of aromatic nitrogens is 2. The van der Waals surface area contributed by atoms with Gasteiger partial charge in [-0.1, -0.05) is 30.3 Å². The van der Waals surface area contributed by atoms with Crippen LogP contribution in [0.2, 0.25) is 0 Å². The summed E-state index contributed by atoms with van der Waals surface area (Å²) in [7, 11) is 1.83. The highest BCUT2D eigenvalue weighted by molar-refractivity contribution is 5.78. The van der Waals surface area contributed by atoms with Gasteiger partial charge in [-0.3, -0.25) is 14.3 Å². The third-order valence-electron chi connectivity index (χ3n) is 3.90. The average Bonchev–Trinajstić information content (AvgIpc) is 2.96. The second kappa shape index (κ2) is 7.58. The van der Waals surface area contributed by atoms with Crippen LogP contribution in [-0.4, -0.2) is 26.8 Å². The maximum Gasteiger partial charge on any atom is 0.308 e. The minimum Gasteiger partial charge on any atom is -0.481 e. The first-order valence-corrected chi connectivity index (χ1v) is 7.53. The Labute approximate surface area is 135 Å². The summed E-state index contributed by atoms with van der Waals surface area (Å²) in [6.45, 7) is 1.60. The molecule has 2 N–H and O–H groups in total. The molecule has 0 bridgehead atoms. The number of nitrogens with zero attached hydrogens (tertiary/aromatic N) is 2. The molecule has 2 unspecified atom stereocenters. The molecule has 2 rings (SSSR count). The summed E-state index contributed by atoms with van der Waals surface area (Å²) in [6, 6.07) is 10.5. The van der Waals surface area contributed by atoms with Crippen LogP contribution >= 0.6 is 0 Å². The van der Waals surface area contributed by atoms with Crippen LogP contribution in [0.3, 0.4) is 0 Å². The number of carbonyl (C=O) groups is 2. The lowest BCUT2D eigenvalue weighted by Gasteiger charge is -2.23. The average molecular weight is 315 g/mol. The fourth-order valence-electron chi connectivity index (χ4n) is 2.43. The molecule has 6 heteroatoms. The van der Waals surface area contributed by atoms with E-state index in [0.717, 1.165) is 11.3 Å². The van der Waals surface area contributed by atoms with Crippen LogP contribution in [0.1, 0.15) is 30.6 Å². The topological polar surface area (TPSA) is 84.2 Å². The summed E-state index contributed by atoms with van der Waals surface area (Å²) >= 11 is 0. The van der Waals surface area contributed by atoms with Gasteiger partial charge in [-0.05, 0) is 25.0 Å². The van der Waals surface area contributed by atoms with Gasteiger partial charge in [0.25, 0.3) is 0 Å². The van der Waals surface area contributed by atoms with Crippen LogP contribution in [0.4, 0.5) is 0 Å². The van der Waals surface area contributed by atoms with E-state index in [2.05, 4.69) is 10.4 Å². The van der Waals surface area contributed by atoms with E-state index in [0.29, 0.717) is 6.42 Å². The van der Waals surface area contributed by atoms with E-state index in [1.165, 1.54) is 0 Å². The van der Waals surface area contributed by atoms with E-state index in [1.54, 1.807) is 17.8 Å². The van der Waals surface area contributed by atoms with E-state index in [1.807, 2.05) is 43.4 Å². The summed E-state index contributed by atoms with van der Waals surface area (Å²) in [5.41, 5.74) is 1.75. The molecule has 23 heavy (non-hydrogen) atoms. The normalized spacial score (nSPS) is 13.3. The Bertz CT molecular complexity index is 667. The minimum absolute atomic E-state index is 0.173.